The van der Waals surface area contributed by atoms with Gasteiger partial charge in [-0.3, -0.25) is 4.79 Å². The van der Waals surface area contributed by atoms with Crippen molar-refractivity contribution in [2.45, 2.75) is 13.3 Å². The van der Waals surface area contributed by atoms with Crippen molar-refractivity contribution in [2.75, 3.05) is 6.61 Å². The molecule has 0 amide bonds. The summed E-state index contributed by atoms with van der Waals surface area (Å²) in [4.78, 5) is 22.6. The Morgan fingerprint density at radius 1 is 0.903 bits per heavy atom. The summed E-state index contributed by atoms with van der Waals surface area (Å²) in [5, 5.41) is 2.20. The lowest BCUT2D eigenvalue weighted by molar-refractivity contribution is 0.323. The molecule has 5 rings (SSSR count). The van der Waals surface area contributed by atoms with Crippen LogP contribution in [-0.2, 0) is 6.42 Å². The van der Waals surface area contributed by atoms with Crippen LogP contribution in [0.15, 0.2) is 90.1 Å². The first-order chi connectivity index (χ1) is 15.3. The molecule has 0 aliphatic rings. The number of benzene rings is 3. The quantitative estimate of drug-likeness (QED) is 0.416. The summed E-state index contributed by atoms with van der Waals surface area (Å²) in [5.74, 6) is 0.379. The van der Waals surface area contributed by atoms with Gasteiger partial charge in [0.25, 0.3) is 5.56 Å². The second-order valence-electron chi connectivity index (χ2n) is 7.32. The molecule has 0 atom stereocenters. The van der Waals surface area contributed by atoms with Crippen LogP contribution in [0.5, 0.6) is 5.88 Å². The number of fused-ring (bicyclic) bond motifs is 2. The standard InChI is InChI=1S/C26H21N3O2/c1-2-31-25-22(15-18-9-4-3-5-10-18)26(30)29-17-27-16-23(24(29)28-25)21-14-8-12-19-11-6-7-13-20(19)21/h3-14,16-17H,2,15H2,1H3. The average molecular weight is 407 g/mol. The summed E-state index contributed by atoms with van der Waals surface area (Å²) in [6.45, 7) is 2.33. The molecule has 0 spiro atoms. The average Bonchev–Trinajstić information content (AvgIpc) is 2.82. The minimum Gasteiger partial charge on any atom is -0.478 e. The predicted octanol–water partition coefficient (Wildman–Crippen LogP) is 4.90. The molecule has 5 heteroatoms. The van der Waals surface area contributed by atoms with Gasteiger partial charge in [-0.1, -0.05) is 72.8 Å². The minimum absolute atomic E-state index is 0.160. The molecule has 0 fully saturated rings. The van der Waals surface area contributed by atoms with E-state index < -0.39 is 0 Å². The van der Waals surface area contributed by atoms with Gasteiger partial charge >= 0.3 is 0 Å². The number of ether oxygens (including phenoxy) is 1. The Hall–Kier alpha value is -3.99. The fraction of sp³-hybridized carbons (Fsp3) is 0.115. The molecule has 0 radical (unpaired) electrons. The lowest BCUT2D eigenvalue weighted by atomic mass is 10.00. The Balaban J connectivity index is 1.76. The molecule has 152 valence electrons. The van der Waals surface area contributed by atoms with Gasteiger partial charge in [-0.15, -0.1) is 0 Å². The highest BCUT2D eigenvalue weighted by Gasteiger charge is 2.18. The van der Waals surface area contributed by atoms with E-state index in [1.807, 2.05) is 61.5 Å². The fourth-order valence-corrected chi connectivity index (χ4v) is 3.94. The smallest absolute Gasteiger partial charge is 0.266 e. The maximum absolute atomic E-state index is 13.5. The van der Waals surface area contributed by atoms with E-state index in [-0.39, 0.29) is 5.56 Å². The predicted molar refractivity (Wildman–Crippen MR) is 123 cm³/mol. The number of hydrogen-bond acceptors (Lipinski definition) is 4. The largest absolute Gasteiger partial charge is 0.478 e. The van der Waals surface area contributed by atoms with Gasteiger partial charge in [-0.2, -0.15) is 4.98 Å². The Bertz CT molecular complexity index is 1440. The zero-order valence-electron chi connectivity index (χ0n) is 17.2. The van der Waals surface area contributed by atoms with Crippen LogP contribution < -0.4 is 10.3 Å². The summed E-state index contributed by atoms with van der Waals surface area (Å²) in [5.41, 5.74) is 3.71. The number of aromatic nitrogens is 3. The molecular weight excluding hydrogens is 386 g/mol. The minimum atomic E-state index is -0.160. The maximum atomic E-state index is 13.5. The van der Waals surface area contributed by atoms with Crippen molar-refractivity contribution < 1.29 is 4.74 Å². The third-order valence-corrected chi connectivity index (χ3v) is 5.38. The van der Waals surface area contributed by atoms with Crippen LogP contribution in [0.25, 0.3) is 27.5 Å². The van der Waals surface area contributed by atoms with Gasteiger partial charge in [0.1, 0.15) is 6.33 Å². The Morgan fingerprint density at radius 3 is 2.52 bits per heavy atom. The van der Waals surface area contributed by atoms with Gasteiger partial charge in [0.05, 0.1) is 12.2 Å². The summed E-state index contributed by atoms with van der Waals surface area (Å²) < 4.78 is 7.36. The van der Waals surface area contributed by atoms with E-state index in [0.29, 0.717) is 30.1 Å². The molecule has 2 aromatic heterocycles. The van der Waals surface area contributed by atoms with Gasteiger partial charge in [-0.25, -0.2) is 9.38 Å². The number of hydrogen-bond donors (Lipinski definition) is 0. The van der Waals surface area contributed by atoms with Gasteiger partial charge in [-0.05, 0) is 28.8 Å². The molecule has 0 unspecified atom stereocenters. The van der Waals surface area contributed by atoms with E-state index in [0.717, 1.165) is 27.5 Å². The van der Waals surface area contributed by atoms with E-state index in [2.05, 4.69) is 23.2 Å². The molecule has 0 aliphatic heterocycles. The molecule has 3 aromatic carbocycles. The van der Waals surface area contributed by atoms with E-state index in [4.69, 9.17) is 9.72 Å². The number of rotatable bonds is 5. The Labute approximate surface area is 179 Å². The molecule has 31 heavy (non-hydrogen) atoms. The van der Waals surface area contributed by atoms with Crippen LogP contribution in [-0.4, -0.2) is 21.0 Å². The molecule has 0 aliphatic carbocycles. The van der Waals surface area contributed by atoms with E-state index in [1.165, 1.54) is 10.7 Å². The summed E-state index contributed by atoms with van der Waals surface area (Å²) in [6.07, 6.45) is 3.74. The molecular formula is C26H21N3O2. The van der Waals surface area contributed by atoms with Gasteiger partial charge < -0.3 is 4.74 Å². The van der Waals surface area contributed by atoms with Crippen molar-refractivity contribution in [3.8, 4) is 17.0 Å². The zero-order chi connectivity index (χ0) is 21.2. The molecule has 5 aromatic rings. The van der Waals surface area contributed by atoms with Crippen LogP contribution in [0.1, 0.15) is 18.1 Å². The molecule has 5 nitrogen and oxygen atoms in total. The van der Waals surface area contributed by atoms with Crippen LogP contribution >= 0.6 is 0 Å². The van der Waals surface area contributed by atoms with Crippen molar-refractivity contribution >= 4 is 16.4 Å². The zero-order valence-corrected chi connectivity index (χ0v) is 17.2. The van der Waals surface area contributed by atoms with Crippen molar-refractivity contribution in [3.05, 3.63) is 107 Å². The van der Waals surface area contributed by atoms with Crippen molar-refractivity contribution in [1.82, 2.24) is 14.4 Å². The molecule has 0 saturated heterocycles. The highest BCUT2D eigenvalue weighted by atomic mass is 16.5. The molecule has 0 saturated carbocycles. The molecule has 0 bridgehead atoms. The topological polar surface area (TPSA) is 56.5 Å². The van der Waals surface area contributed by atoms with E-state index in [9.17, 15) is 4.79 Å². The molecule has 2 heterocycles. The van der Waals surface area contributed by atoms with Crippen LogP contribution in [0.2, 0.25) is 0 Å². The lowest BCUT2D eigenvalue weighted by Crippen LogP contribution is -2.22. The first-order valence-corrected chi connectivity index (χ1v) is 10.3. The van der Waals surface area contributed by atoms with E-state index >= 15 is 0 Å². The van der Waals surface area contributed by atoms with Gasteiger partial charge in [0, 0.05) is 18.2 Å². The first-order valence-electron chi connectivity index (χ1n) is 10.3. The normalized spacial score (nSPS) is 11.1. The second-order valence-corrected chi connectivity index (χ2v) is 7.32. The third kappa shape index (κ3) is 3.44. The Kier molecular flexibility index (Phi) is 4.92. The monoisotopic (exact) mass is 407 g/mol. The summed E-state index contributed by atoms with van der Waals surface area (Å²) in [6, 6.07) is 24.1. The van der Waals surface area contributed by atoms with Crippen molar-refractivity contribution in [1.29, 1.82) is 0 Å². The molecule has 0 N–H and O–H groups in total. The van der Waals surface area contributed by atoms with Crippen molar-refractivity contribution in [3.63, 3.8) is 0 Å². The van der Waals surface area contributed by atoms with Crippen LogP contribution in [0.4, 0.5) is 0 Å². The highest BCUT2D eigenvalue weighted by Crippen LogP contribution is 2.31. The SMILES string of the molecule is CCOc1nc2c(-c3cccc4ccccc34)cncn2c(=O)c1Cc1ccccc1. The Morgan fingerprint density at radius 2 is 1.68 bits per heavy atom. The van der Waals surface area contributed by atoms with Crippen molar-refractivity contribution in [2.24, 2.45) is 0 Å². The van der Waals surface area contributed by atoms with E-state index in [1.54, 1.807) is 6.20 Å². The van der Waals surface area contributed by atoms with Gasteiger partial charge in [0.15, 0.2) is 5.65 Å². The maximum Gasteiger partial charge on any atom is 0.266 e. The van der Waals surface area contributed by atoms with Crippen LogP contribution in [0.3, 0.4) is 0 Å². The fourth-order valence-electron chi connectivity index (χ4n) is 3.94. The lowest BCUT2D eigenvalue weighted by Gasteiger charge is -2.14. The number of nitrogens with zero attached hydrogens (tertiary/aromatic N) is 3. The van der Waals surface area contributed by atoms with Crippen LogP contribution in [0, 0.1) is 0 Å². The highest BCUT2D eigenvalue weighted by molar-refractivity contribution is 5.99. The van der Waals surface area contributed by atoms with Gasteiger partial charge in [0.2, 0.25) is 5.88 Å². The summed E-state index contributed by atoms with van der Waals surface area (Å²) >= 11 is 0. The second kappa shape index (κ2) is 8.03. The first kappa shape index (κ1) is 19.0. The third-order valence-electron chi connectivity index (χ3n) is 5.38. The summed E-state index contributed by atoms with van der Waals surface area (Å²) in [7, 11) is 0.